The molecule has 0 aromatic heterocycles. The number of ether oxygens (including phenoxy) is 2. The van der Waals surface area contributed by atoms with Crippen molar-refractivity contribution in [1.29, 1.82) is 0 Å². The van der Waals surface area contributed by atoms with Crippen LogP contribution < -0.4 is 32.9 Å². The monoisotopic (exact) mass is 604 g/mol. The minimum absolute atomic E-state index is 0. The van der Waals surface area contributed by atoms with Crippen LogP contribution in [0.3, 0.4) is 0 Å². The first-order chi connectivity index (χ1) is 18.7. The third-order valence-corrected chi connectivity index (χ3v) is 12.0. The van der Waals surface area contributed by atoms with Crippen molar-refractivity contribution in [3.8, 4) is 0 Å². The summed E-state index contributed by atoms with van der Waals surface area (Å²) in [6.45, 7) is 5.19. The van der Waals surface area contributed by atoms with Crippen molar-refractivity contribution < 1.29 is 26.5 Å². The van der Waals surface area contributed by atoms with Crippen molar-refractivity contribution in [3.05, 3.63) is 126 Å². The molecule has 0 N–H and O–H groups in total. The van der Waals surface area contributed by atoms with E-state index in [0.717, 1.165) is 25.6 Å². The normalized spacial score (nSPS) is 17.2. The molecule has 2 nitrogen and oxygen atoms in total. The van der Waals surface area contributed by atoms with Gasteiger partial charge in [-0.25, -0.2) is 0 Å². The average Bonchev–Trinajstić information content (AvgIpc) is 3.24. The number of methoxy groups -OCH3 is 1. The van der Waals surface area contributed by atoms with Gasteiger partial charge in [-0.05, 0) is 80.1 Å². The number of aryl methyl sites for hydroxylation is 1. The van der Waals surface area contributed by atoms with Gasteiger partial charge in [0, 0.05) is 7.11 Å². The largest absolute Gasteiger partial charge is 1.00 e. The minimum Gasteiger partial charge on any atom is -1.00 e. The van der Waals surface area contributed by atoms with Crippen molar-refractivity contribution in [2.45, 2.75) is 57.9 Å². The lowest BCUT2D eigenvalue weighted by Gasteiger charge is -2.28. The molecule has 0 bridgehead atoms. The first-order valence-electron chi connectivity index (χ1n) is 13.9. The minimum atomic E-state index is -1.80. The molecule has 1 aliphatic heterocycles. The van der Waals surface area contributed by atoms with Crippen LogP contribution in [0, 0.1) is 6.92 Å². The van der Waals surface area contributed by atoms with Crippen molar-refractivity contribution in [1.82, 2.24) is 0 Å². The van der Waals surface area contributed by atoms with E-state index in [-0.39, 0.29) is 17.0 Å². The molecule has 4 aromatic rings. The Hall–Kier alpha value is -2.29. The van der Waals surface area contributed by atoms with Gasteiger partial charge in [0.1, 0.15) is 23.2 Å². The molecule has 5 rings (SSSR count). The summed E-state index contributed by atoms with van der Waals surface area (Å²) in [6.07, 6.45) is 6.61. The Bertz CT molecular complexity index is 1110. The second-order valence-corrected chi connectivity index (χ2v) is 13.5. The van der Waals surface area contributed by atoms with E-state index in [9.17, 15) is 0 Å². The third kappa shape index (κ3) is 8.12. The van der Waals surface area contributed by atoms with Crippen LogP contribution in [-0.2, 0) is 15.6 Å². The Morgan fingerprint density at radius 1 is 0.718 bits per heavy atom. The highest BCUT2D eigenvalue weighted by atomic mass is 79.9. The lowest BCUT2D eigenvalue weighted by Crippen LogP contribution is -3.00. The summed E-state index contributed by atoms with van der Waals surface area (Å²) in [5, 5.41) is 4.31. The van der Waals surface area contributed by atoms with Gasteiger partial charge in [-0.2, -0.15) is 0 Å². The first-order valence-corrected chi connectivity index (χ1v) is 15.9. The molecule has 0 aliphatic carbocycles. The number of benzene rings is 4. The van der Waals surface area contributed by atoms with E-state index in [4.69, 9.17) is 9.47 Å². The molecule has 0 radical (unpaired) electrons. The summed E-state index contributed by atoms with van der Waals surface area (Å²) >= 11 is 0. The highest BCUT2D eigenvalue weighted by Crippen LogP contribution is 2.58. The van der Waals surface area contributed by atoms with Crippen LogP contribution in [0.1, 0.15) is 43.7 Å². The zero-order valence-electron chi connectivity index (χ0n) is 23.5. The van der Waals surface area contributed by atoms with Gasteiger partial charge in [0.15, 0.2) is 0 Å². The zero-order valence-corrected chi connectivity index (χ0v) is 26.0. The molecule has 39 heavy (non-hydrogen) atoms. The van der Waals surface area contributed by atoms with Gasteiger partial charge in [-0.3, -0.25) is 0 Å². The van der Waals surface area contributed by atoms with Crippen molar-refractivity contribution in [2.24, 2.45) is 0 Å². The van der Waals surface area contributed by atoms with Crippen LogP contribution in [0.25, 0.3) is 0 Å². The topological polar surface area (TPSA) is 18.5 Å². The molecule has 206 valence electrons. The maximum atomic E-state index is 5.63. The van der Waals surface area contributed by atoms with Gasteiger partial charge >= 0.3 is 0 Å². The fraction of sp³-hybridized carbons (Fsp3) is 0.314. The molecule has 2 atom stereocenters. The lowest BCUT2D eigenvalue weighted by atomic mass is 10.1. The summed E-state index contributed by atoms with van der Waals surface area (Å²) in [5.74, 6) is 0. The van der Waals surface area contributed by atoms with Gasteiger partial charge in [0.05, 0.1) is 25.0 Å². The van der Waals surface area contributed by atoms with Crippen LogP contribution in [-0.4, -0.2) is 25.9 Å². The molecule has 0 saturated carbocycles. The average molecular weight is 606 g/mol. The maximum absolute atomic E-state index is 5.63. The van der Waals surface area contributed by atoms with Crippen molar-refractivity contribution in [2.75, 3.05) is 13.7 Å². The Labute approximate surface area is 246 Å². The van der Waals surface area contributed by atoms with Crippen LogP contribution in [0.2, 0.25) is 0 Å². The maximum Gasteiger partial charge on any atom is 0.116 e. The van der Waals surface area contributed by atoms with E-state index in [1.54, 1.807) is 7.11 Å². The molecular weight excluding hydrogens is 563 g/mol. The van der Waals surface area contributed by atoms with Crippen LogP contribution in [0.5, 0.6) is 0 Å². The third-order valence-electron chi connectivity index (χ3n) is 7.62. The highest BCUT2D eigenvalue weighted by Gasteiger charge is 2.45. The van der Waals surface area contributed by atoms with Gasteiger partial charge in [0.2, 0.25) is 0 Å². The lowest BCUT2D eigenvalue weighted by molar-refractivity contribution is -0.0142. The van der Waals surface area contributed by atoms with E-state index in [2.05, 4.69) is 129 Å². The predicted molar refractivity (Wildman–Crippen MR) is 165 cm³/mol. The second-order valence-electron chi connectivity index (χ2n) is 10.1. The first kappa shape index (κ1) is 31.2. The summed E-state index contributed by atoms with van der Waals surface area (Å²) in [7, 11) is -0.0379. The summed E-state index contributed by atoms with van der Waals surface area (Å²) in [4.78, 5) is 0. The molecule has 0 spiro atoms. The molecule has 2 unspecified atom stereocenters. The SMILES string of the molecule is CCC1CCCC(OC)CO1.Cc1ccccc1C[P+](c1ccccc1)(c1ccccc1)c1ccccc1.[Br-]. The summed E-state index contributed by atoms with van der Waals surface area (Å²) in [6, 6.07) is 42.1. The molecule has 1 aliphatic rings. The van der Waals surface area contributed by atoms with E-state index in [0.29, 0.717) is 12.2 Å². The summed E-state index contributed by atoms with van der Waals surface area (Å²) < 4.78 is 10.9. The molecule has 4 aromatic carbocycles. The van der Waals surface area contributed by atoms with Crippen molar-refractivity contribution >= 4 is 23.2 Å². The van der Waals surface area contributed by atoms with Crippen LogP contribution in [0.4, 0.5) is 0 Å². The molecule has 1 heterocycles. The molecule has 1 saturated heterocycles. The fourth-order valence-electron chi connectivity index (χ4n) is 5.30. The Balaban J connectivity index is 0.000000297. The number of rotatable bonds is 7. The smallest absolute Gasteiger partial charge is 0.116 e. The van der Waals surface area contributed by atoms with Crippen LogP contribution in [0.15, 0.2) is 115 Å². The van der Waals surface area contributed by atoms with E-state index in [1.165, 1.54) is 39.9 Å². The molecule has 0 amide bonds. The number of hydrogen-bond acceptors (Lipinski definition) is 2. The zero-order chi connectivity index (χ0) is 26.6. The Morgan fingerprint density at radius 3 is 1.67 bits per heavy atom. The van der Waals surface area contributed by atoms with Gasteiger partial charge in [-0.15, -0.1) is 0 Å². The Kier molecular flexibility index (Phi) is 12.9. The standard InChI is InChI=1S/C26H24P.C9H18O2.BrH/c1-22-13-11-12-14-23(22)21-27(24-15-5-2-6-16-24,25-17-7-3-8-18-25)26-19-9-4-10-20-26;1-3-8-5-4-6-9(10-2)7-11-8;/h2-20H,21H2,1H3;8-9H,3-7H2,1-2H3;1H/q+1;;/p-1. The number of hydrogen-bond donors (Lipinski definition) is 0. The molecule has 1 fully saturated rings. The fourth-order valence-corrected chi connectivity index (χ4v) is 9.65. The molecule has 4 heteroatoms. The van der Waals surface area contributed by atoms with Gasteiger partial charge in [-0.1, -0.05) is 85.8 Å². The van der Waals surface area contributed by atoms with E-state index < -0.39 is 7.26 Å². The number of halogens is 1. The quantitative estimate of drug-likeness (QED) is 0.290. The van der Waals surface area contributed by atoms with E-state index >= 15 is 0 Å². The molecular formula is C35H42BrO2P. The Morgan fingerprint density at radius 2 is 1.21 bits per heavy atom. The summed E-state index contributed by atoms with van der Waals surface area (Å²) in [5.41, 5.74) is 2.80. The predicted octanol–water partition coefficient (Wildman–Crippen LogP) is 4.47. The van der Waals surface area contributed by atoms with Crippen LogP contribution >= 0.6 is 7.26 Å². The second kappa shape index (κ2) is 16.1. The van der Waals surface area contributed by atoms with Gasteiger partial charge < -0.3 is 26.5 Å². The van der Waals surface area contributed by atoms with Crippen molar-refractivity contribution in [3.63, 3.8) is 0 Å². The highest BCUT2D eigenvalue weighted by molar-refractivity contribution is 7.95. The van der Waals surface area contributed by atoms with Gasteiger partial charge in [0.25, 0.3) is 0 Å². The van der Waals surface area contributed by atoms with E-state index in [1.807, 2.05) is 0 Å².